The summed E-state index contributed by atoms with van der Waals surface area (Å²) < 4.78 is 1.39. The van der Waals surface area contributed by atoms with Gasteiger partial charge in [0.25, 0.3) is 11.8 Å². The molecule has 190 valence electrons. The first kappa shape index (κ1) is 25.5. The standard InChI is InChI=1S/C21H14ClN5O6S4/c22-16-12(25-21(23)37-16)13(26-33)17(29)24-14-18(30)27-15(20(31)32)10(6-34-19(14)27)36-11-5-8(28)7-3-1-2-4-9(7)35-11/h1-5,14,19,33H,6H2,(H2,23,25)(H,24,29)(H,31,32)/b26-13+/t14?,19-/m1/s1. The number of carbonyl (C=O) groups is 3. The Labute approximate surface area is 229 Å². The van der Waals surface area contributed by atoms with E-state index in [9.17, 15) is 29.5 Å². The molecule has 11 nitrogen and oxygen atoms in total. The van der Waals surface area contributed by atoms with Crippen molar-refractivity contribution in [3.8, 4) is 0 Å². The van der Waals surface area contributed by atoms with E-state index in [0.717, 1.165) is 32.7 Å². The highest BCUT2D eigenvalue weighted by Gasteiger charge is 2.54. The number of amides is 2. The molecular formula is C21H14ClN5O6S4. The highest BCUT2D eigenvalue weighted by molar-refractivity contribution is 8.07. The lowest BCUT2D eigenvalue weighted by Crippen LogP contribution is -2.71. The Morgan fingerprint density at radius 1 is 1.27 bits per heavy atom. The number of nitrogen functional groups attached to an aromatic ring is 1. The highest BCUT2D eigenvalue weighted by Crippen LogP contribution is 2.46. The fraction of sp³-hybridized carbons (Fsp3) is 0.143. The van der Waals surface area contributed by atoms with Crippen LogP contribution in [0.3, 0.4) is 0 Å². The summed E-state index contributed by atoms with van der Waals surface area (Å²) in [6, 6.07) is 7.51. The van der Waals surface area contributed by atoms with Gasteiger partial charge in [-0.15, -0.1) is 23.1 Å². The number of aromatic nitrogens is 1. The lowest BCUT2D eigenvalue weighted by molar-refractivity contribution is -0.150. The highest BCUT2D eigenvalue weighted by atomic mass is 35.5. The van der Waals surface area contributed by atoms with Crippen LogP contribution in [0.25, 0.3) is 10.1 Å². The van der Waals surface area contributed by atoms with Crippen molar-refractivity contribution < 1.29 is 24.7 Å². The minimum absolute atomic E-state index is 0.0304. The van der Waals surface area contributed by atoms with Crippen molar-refractivity contribution in [2.75, 3.05) is 11.5 Å². The van der Waals surface area contributed by atoms with E-state index in [1.807, 2.05) is 12.1 Å². The number of carboxylic acid groups (broad SMARTS) is 1. The third-order valence-corrected chi connectivity index (χ3v) is 10.2. The molecule has 3 aromatic rings. The average molecular weight is 596 g/mol. The van der Waals surface area contributed by atoms with Gasteiger partial charge in [-0.1, -0.05) is 52.0 Å². The maximum absolute atomic E-state index is 13.0. The van der Waals surface area contributed by atoms with Gasteiger partial charge in [0.2, 0.25) is 0 Å². The van der Waals surface area contributed by atoms with Gasteiger partial charge in [-0.05, 0) is 12.1 Å². The quantitative estimate of drug-likeness (QED) is 0.143. The van der Waals surface area contributed by atoms with E-state index < -0.39 is 34.9 Å². The summed E-state index contributed by atoms with van der Waals surface area (Å²) in [5, 5.41) is 24.6. The number of thiazole rings is 1. The van der Waals surface area contributed by atoms with Gasteiger partial charge in [-0.3, -0.25) is 19.3 Å². The number of anilines is 1. The van der Waals surface area contributed by atoms with E-state index in [1.165, 1.54) is 29.2 Å². The monoisotopic (exact) mass is 595 g/mol. The van der Waals surface area contributed by atoms with Crippen LogP contribution >= 0.6 is 57.8 Å². The Bertz CT molecular complexity index is 1600. The third-order valence-electron chi connectivity index (χ3n) is 5.40. The van der Waals surface area contributed by atoms with E-state index in [1.54, 1.807) is 12.1 Å². The van der Waals surface area contributed by atoms with Crippen LogP contribution < -0.4 is 16.5 Å². The summed E-state index contributed by atoms with van der Waals surface area (Å²) >= 11 is 10.6. The molecule has 1 unspecified atom stereocenters. The van der Waals surface area contributed by atoms with Crippen LogP contribution in [-0.4, -0.2) is 60.9 Å². The summed E-state index contributed by atoms with van der Waals surface area (Å²) in [6.45, 7) is 0. The van der Waals surface area contributed by atoms with Gasteiger partial charge in [0.1, 0.15) is 27.1 Å². The number of aliphatic carboxylic acids is 1. The van der Waals surface area contributed by atoms with Gasteiger partial charge < -0.3 is 21.4 Å². The van der Waals surface area contributed by atoms with Gasteiger partial charge >= 0.3 is 5.97 Å². The Hall–Kier alpha value is -3.11. The largest absolute Gasteiger partial charge is 0.477 e. The van der Waals surface area contributed by atoms with Crippen molar-refractivity contribution >= 4 is 96.5 Å². The molecule has 1 saturated heterocycles. The summed E-state index contributed by atoms with van der Waals surface area (Å²) in [6.07, 6.45) is 0. The summed E-state index contributed by atoms with van der Waals surface area (Å²) in [4.78, 5) is 55.8. The molecule has 0 bridgehead atoms. The molecule has 0 aliphatic carbocycles. The first-order valence-corrected chi connectivity index (χ1v) is 14.1. The first-order chi connectivity index (χ1) is 17.7. The van der Waals surface area contributed by atoms with Crippen LogP contribution in [0.15, 0.2) is 55.1 Å². The normalized spacial score (nSPS) is 19.5. The molecule has 1 fully saturated rings. The Morgan fingerprint density at radius 2 is 2.03 bits per heavy atom. The zero-order valence-electron chi connectivity index (χ0n) is 18.2. The average Bonchev–Trinajstić information content (AvgIpc) is 3.19. The first-order valence-electron chi connectivity index (χ1n) is 10.3. The number of hydrogen-bond donors (Lipinski definition) is 4. The fourth-order valence-electron chi connectivity index (χ4n) is 3.80. The number of benzene rings is 1. The van der Waals surface area contributed by atoms with E-state index >= 15 is 0 Å². The molecule has 37 heavy (non-hydrogen) atoms. The van der Waals surface area contributed by atoms with E-state index in [2.05, 4.69) is 15.5 Å². The SMILES string of the molecule is Nc1nc(/C(=N\O)C(=O)NC2C(=O)N3C(C(=O)O)=C(Sc4cc(=O)c5ccccc5s4)CS[C@H]23)c(Cl)s1. The number of nitrogens with one attached hydrogen (secondary N) is 1. The Morgan fingerprint density at radius 3 is 2.70 bits per heavy atom. The number of fused-ring (bicyclic) bond motifs is 2. The number of nitrogens with zero attached hydrogens (tertiary/aromatic N) is 3. The second kappa shape index (κ2) is 9.98. The minimum Gasteiger partial charge on any atom is -0.477 e. The van der Waals surface area contributed by atoms with Crippen molar-refractivity contribution in [3.63, 3.8) is 0 Å². The third kappa shape index (κ3) is 4.57. The molecule has 2 aliphatic rings. The van der Waals surface area contributed by atoms with Crippen molar-refractivity contribution in [1.82, 2.24) is 15.2 Å². The van der Waals surface area contributed by atoms with Crippen LogP contribution in [-0.2, 0) is 14.4 Å². The van der Waals surface area contributed by atoms with Gasteiger partial charge in [0, 0.05) is 26.8 Å². The van der Waals surface area contributed by atoms with Gasteiger partial charge in [-0.25, -0.2) is 9.78 Å². The molecule has 16 heteroatoms. The Balaban J connectivity index is 1.38. The lowest BCUT2D eigenvalue weighted by atomic mass is 10.0. The van der Waals surface area contributed by atoms with Crippen molar-refractivity contribution in [2.24, 2.45) is 5.16 Å². The van der Waals surface area contributed by atoms with Crippen LogP contribution in [0.1, 0.15) is 5.69 Å². The molecule has 2 amide bonds. The minimum atomic E-state index is -1.30. The van der Waals surface area contributed by atoms with Crippen molar-refractivity contribution in [3.05, 3.63) is 61.2 Å². The number of nitrogens with two attached hydrogens (primary N) is 1. The van der Waals surface area contributed by atoms with Gasteiger partial charge in [0.15, 0.2) is 16.3 Å². The maximum Gasteiger partial charge on any atom is 0.353 e. The molecule has 0 radical (unpaired) electrons. The van der Waals surface area contributed by atoms with Crippen molar-refractivity contribution in [1.29, 1.82) is 0 Å². The maximum atomic E-state index is 13.0. The molecule has 1 aromatic carbocycles. The topological polar surface area (TPSA) is 175 Å². The van der Waals surface area contributed by atoms with E-state index in [4.69, 9.17) is 17.3 Å². The predicted octanol–water partition coefficient (Wildman–Crippen LogP) is 2.62. The van der Waals surface area contributed by atoms with Crippen LogP contribution in [0, 0.1) is 0 Å². The van der Waals surface area contributed by atoms with Crippen LogP contribution in [0.2, 0.25) is 4.34 Å². The number of thioether (sulfide) groups is 2. The molecule has 5 rings (SSSR count). The zero-order chi connectivity index (χ0) is 26.4. The second-order valence-electron chi connectivity index (χ2n) is 7.59. The van der Waals surface area contributed by atoms with Gasteiger partial charge in [-0.2, -0.15) is 0 Å². The molecule has 0 spiro atoms. The molecule has 2 aromatic heterocycles. The molecular weight excluding hydrogens is 582 g/mol. The predicted molar refractivity (Wildman–Crippen MR) is 143 cm³/mol. The van der Waals surface area contributed by atoms with E-state index in [-0.39, 0.29) is 32.0 Å². The summed E-state index contributed by atoms with van der Waals surface area (Å²) in [5.41, 5.74) is 4.53. The summed E-state index contributed by atoms with van der Waals surface area (Å²) in [5.74, 6) is -2.64. The molecule has 2 aliphatic heterocycles. The van der Waals surface area contributed by atoms with Crippen LogP contribution in [0.5, 0.6) is 0 Å². The number of β-lactam (4-membered cyclic amide) rings is 1. The Kier molecular flexibility index (Phi) is 6.89. The van der Waals surface area contributed by atoms with Crippen molar-refractivity contribution in [2.45, 2.75) is 15.6 Å². The smallest absolute Gasteiger partial charge is 0.353 e. The lowest BCUT2D eigenvalue weighted by Gasteiger charge is -2.49. The van der Waals surface area contributed by atoms with Gasteiger partial charge in [0.05, 0.1) is 4.21 Å². The number of carbonyl (C=O) groups excluding carboxylic acids is 2. The molecule has 0 saturated carbocycles. The number of halogens is 1. The molecule has 2 atom stereocenters. The number of rotatable bonds is 6. The van der Waals surface area contributed by atoms with Crippen LogP contribution in [0.4, 0.5) is 5.13 Å². The zero-order valence-corrected chi connectivity index (χ0v) is 22.2. The fourth-order valence-corrected chi connectivity index (χ4v) is 8.60. The second-order valence-corrected chi connectivity index (χ2v) is 12.8. The number of hydrogen-bond acceptors (Lipinski definition) is 12. The molecule has 5 N–H and O–H groups in total. The summed E-state index contributed by atoms with van der Waals surface area (Å²) in [7, 11) is 0. The number of carboxylic acids is 1. The van der Waals surface area contributed by atoms with E-state index in [0.29, 0.717) is 14.5 Å². The number of oxime groups is 1. The molecule has 4 heterocycles.